The molecule has 0 saturated carbocycles. The molecule has 1 unspecified atom stereocenters. The molecule has 0 bridgehead atoms. The Morgan fingerprint density at radius 2 is 2.00 bits per heavy atom. The molecule has 0 spiro atoms. The summed E-state index contributed by atoms with van der Waals surface area (Å²) < 4.78 is 6.80. The molecular weight excluding hydrogens is 462 g/mol. The third kappa shape index (κ3) is 5.40. The maximum absolute atomic E-state index is 13.5. The molecule has 1 aliphatic heterocycles. The lowest BCUT2D eigenvalue weighted by molar-refractivity contribution is 0.0724. The zero-order valence-electron chi connectivity index (χ0n) is 20.1. The van der Waals surface area contributed by atoms with Crippen LogP contribution in [0.1, 0.15) is 58.1 Å². The van der Waals surface area contributed by atoms with E-state index in [4.69, 9.17) is 15.6 Å². The van der Waals surface area contributed by atoms with Gasteiger partial charge in [-0.2, -0.15) is 0 Å². The number of amides is 1. The van der Waals surface area contributed by atoms with Crippen molar-refractivity contribution in [1.29, 1.82) is 10.8 Å². The van der Waals surface area contributed by atoms with Crippen molar-refractivity contribution in [2.24, 2.45) is 13.0 Å². The van der Waals surface area contributed by atoms with Crippen LogP contribution in [0.25, 0.3) is 0 Å². The molecule has 1 aromatic carbocycles. The third-order valence-electron chi connectivity index (χ3n) is 6.22. The Balaban J connectivity index is 1.52. The van der Waals surface area contributed by atoms with Gasteiger partial charge in [0.1, 0.15) is 10.7 Å². The monoisotopic (exact) mass is 491 g/mol. The summed E-state index contributed by atoms with van der Waals surface area (Å²) in [6, 6.07) is 12.4. The largest absolute Gasteiger partial charge is 0.425 e. The first-order chi connectivity index (χ1) is 16.7. The number of benzene rings is 1. The summed E-state index contributed by atoms with van der Waals surface area (Å²) in [4.78, 5) is 32.5. The molecule has 1 amide bonds. The fraction of sp³-hybridized carbons (Fsp3) is 0.346. The molecule has 4 rings (SSSR count). The number of pyridine rings is 1. The van der Waals surface area contributed by atoms with E-state index in [0.29, 0.717) is 13.0 Å². The molecule has 9 heteroatoms. The lowest BCUT2D eigenvalue weighted by Crippen LogP contribution is -2.35. The molecule has 2 N–H and O–H groups in total. The quantitative estimate of drug-likeness (QED) is 0.395. The zero-order chi connectivity index (χ0) is 25.1. The Hall–Kier alpha value is -3.59. The highest BCUT2D eigenvalue weighted by Gasteiger charge is 2.33. The molecule has 0 aliphatic carbocycles. The zero-order valence-corrected chi connectivity index (χ0v) is 20.9. The Labute approximate surface area is 208 Å². The van der Waals surface area contributed by atoms with Crippen molar-refractivity contribution < 1.29 is 9.53 Å². The average Bonchev–Trinajstić information content (AvgIpc) is 3.49. The van der Waals surface area contributed by atoms with E-state index in [-0.39, 0.29) is 40.9 Å². The van der Waals surface area contributed by atoms with E-state index in [1.54, 1.807) is 11.9 Å². The lowest BCUT2D eigenvalue weighted by Gasteiger charge is -2.24. The highest BCUT2D eigenvalue weighted by Crippen LogP contribution is 2.34. The minimum Gasteiger partial charge on any atom is -0.425 e. The fourth-order valence-electron chi connectivity index (χ4n) is 4.24. The van der Waals surface area contributed by atoms with Gasteiger partial charge in [0, 0.05) is 42.2 Å². The predicted molar refractivity (Wildman–Crippen MR) is 136 cm³/mol. The van der Waals surface area contributed by atoms with Gasteiger partial charge >= 0.3 is 0 Å². The summed E-state index contributed by atoms with van der Waals surface area (Å²) in [5, 5.41) is 19.5. The van der Waals surface area contributed by atoms with Gasteiger partial charge in [0.2, 0.25) is 5.90 Å². The van der Waals surface area contributed by atoms with Crippen LogP contribution >= 0.6 is 11.3 Å². The number of aromatic nitrogens is 2. The van der Waals surface area contributed by atoms with Gasteiger partial charge < -0.3 is 14.2 Å². The van der Waals surface area contributed by atoms with Gasteiger partial charge in [-0.3, -0.25) is 20.4 Å². The second-order valence-electron chi connectivity index (χ2n) is 8.90. The van der Waals surface area contributed by atoms with Crippen molar-refractivity contribution in [3.63, 3.8) is 0 Å². The average molecular weight is 492 g/mol. The van der Waals surface area contributed by atoms with Crippen LogP contribution in [0, 0.1) is 23.7 Å². The van der Waals surface area contributed by atoms with Crippen LogP contribution in [0.15, 0.2) is 52.6 Å². The van der Waals surface area contributed by atoms with E-state index in [9.17, 15) is 9.59 Å². The van der Waals surface area contributed by atoms with Crippen molar-refractivity contribution in [2.45, 2.75) is 39.2 Å². The number of hydrogen-bond acceptors (Lipinski definition) is 7. The van der Waals surface area contributed by atoms with Gasteiger partial charge in [-0.15, -0.1) is 11.3 Å². The first kappa shape index (κ1) is 24.5. The molecular formula is C26H29N5O3S. The van der Waals surface area contributed by atoms with E-state index in [0.717, 1.165) is 29.1 Å². The van der Waals surface area contributed by atoms with E-state index >= 15 is 0 Å². The van der Waals surface area contributed by atoms with Gasteiger partial charge in [-0.1, -0.05) is 37.3 Å². The molecule has 1 aliphatic rings. The number of thiazole rings is 1. The van der Waals surface area contributed by atoms with Crippen LogP contribution in [-0.2, 0) is 18.2 Å². The summed E-state index contributed by atoms with van der Waals surface area (Å²) in [5.41, 5.74) is 1.94. The molecule has 1 saturated heterocycles. The predicted octanol–water partition coefficient (Wildman–Crippen LogP) is 4.33. The standard InChI is InChI=1S/C26H29N5O3S/c1-16(12-18-8-5-4-6-9-18)23(27)34-24(28)19-13-21(30(3)22(32)14-19)26(33)31-11-7-10-20(31)25-29-17(2)15-35-25/h4-6,8-9,13-16,20,27-28H,7,10-12H2,1-3H3/t16?,20-/m1/s1. The number of likely N-dealkylation sites (tertiary alicyclic amines) is 1. The van der Waals surface area contributed by atoms with Crippen LogP contribution in [0.5, 0.6) is 0 Å². The second kappa shape index (κ2) is 10.4. The molecule has 182 valence electrons. The SMILES string of the molecule is Cc1csc([C@H]2CCCN2C(=O)c2cc(C(=N)OC(=N)C(C)Cc3ccccc3)cc(=O)n2C)n1. The molecule has 35 heavy (non-hydrogen) atoms. The number of rotatable bonds is 6. The maximum atomic E-state index is 13.5. The van der Waals surface area contributed by atoms with Crippen LogP contribution in [-0.4, -0.2) is 38.7 Å². The first-order valence-corrected chi connectivity index (χ1v) is 12.5. The molecule has 0 radical (unpaired) electrons. The Bertz CT molecular complexity index is 1310. The van der Waals surface area contributed by atoms with Gasteiger partial charge in [-0.25, -0.2) is 4.98 Å². The number of carbonyl (C=O) groups is 1. The van der Waals surface area contributed by atoms with Crippen molar-refractivity contribution in [3.05, 3.63) is 85.7 Å². The van der Waals surface area contributed by atoms with E-state index < -0.39 is 5.56 Å². The number of nitrogens with zero attached hydrogens (tertiary/aromatic N) is 3. The summed E-state index contributed by atoms with van der Waals surface area (Å²) in [7, 11) is 1.55. The van der Waals surface area contributed by atoms with Crippen LogP contribution in [0.4, 0.5) is 0 Å². The number of ether oxygens (including phenoxy) is 1. The van der Waals surface area contributed by atoms with E-state index in [2.05, 4.69) is 4.98 Å². The highest BCUT2D eigenvalue weighted by molar-refractivity contribution is 7.09. The number of aryl methyl sites for hydroxylation is 1. The van der Waals surface area contributed by atoms with Crippen LogP contribution in [0.3, 0.4) is 0 Å². The van der Waals surface area contributed by atoms with Crippen molar-refractivity contribution >= 4 is 29.0 Å². The summed E-state index contributed by atoms with van der Waals surface area (Å²) in [5.74, 6) is -0.916. The number of hydrogen-bond donors (Lipinski definition) is 2. The maximum Gasteiger partial charge on any atom is 0.271 e. The van der Waals surface area contributed by atoms with Crippen molar-refractivity contribution in [1.82, 2.24) is 14.5 Å². The first-order valence-electron chi connectivity index (χ1n) is 11.6. The Morgan fingerprint density at radius 1 is 1.26 bits per heavy atom. The third-order valence-corrected chi connectivity index (χ3v) is 7.29. The van der Waals surface area contributed by atoms with Gasteiger partial charge in [0.05, 0.1) is 6.04 Å². The summed E-state index contributed by atoms with van der Waals surface area (Å²) >= 11 is 1.54. The highest BCUT2D eigenvalue weighted by atomic mass is 32.1. The summed E-state index contributed by atoms with van der Waals surface area (Å²) in [6.45, 7) is 4.36. The van der Waals surface area contributed by atoms with Crippen molar-refractivity contribution in [2.75, 3.05) is 6.54 Å². The van der Waals surface area contributed by atoms with Crippen LogP contribution < -0.4 is 5.56 Å². The van der Waals surface area contributed by atoms with Crippen LogP contribution in [0.2, 0.25) is 0 Å². The second-order valence-corrected chi connectivity index (χ2v) is 9.79. The smallest absolute Gasteiger partial charge is 0.271 e. The minimum absolute atomic E-state index is 0.0637. The number of carbonyl (C=O) groups excluding carboxylic acids is 1. The van der Waals surface area contributed by atoms with E-state index in [1.807, 2.05) is 49.6 Å². The summed E-state index contributed by atoms with van der Waals surface area (Å²) in [6.07, 6.45) is 2.28. The molecule has 2 atom stereocenters. The Morgan fingerprint density at radius 3 is 2.69 bits per heavy atom. The topological polar surface area (TPSA) is 112 Å². The van der Waals surface area contributed by atoms with Gasteiger partial charge in [-0.05, 0) is 37.8 Å². The fourth-order valence-corrected chi connectivity index (χ4v) is 5.18. The van der Waals surface area contributed by atoms with E-state index in [1.165, 1.54) is 28.0 Å². The Kier molecular flexibility index (Phi) is 7.25. The molecule has 1 fully saturated rings. The normalized spacial score (nSPS) is 16.2. The molecule has 3 heterocycles. The number of nitrogens with one attached hydrogen (secondary N) is 2. The minimum atomic E-state index is -0.413. The molecule has 8 nitrogen and oxygen atoms in total. The lowest BCUT2D eigenvalue weighted by atomic mass is 10.0. The van der Waals surface area contributed by atoms with Gasteiger partial charge in [0.15, 0.2) is 5.90 Å². The van der Waals surface area contributed by atoms with Crippen molar-refractivity contribution in [3.8, 4) is 0 Å². The van der Waals surface area contributed by atoms with Gasteiger partial charge in [0.25, 0.3) is 11.5 Å². The molecule has 3 aromatic rings. The molecule has 2 aromatic heterocycles.